The van der Waals surface area contributed by atoms with E-state index in [-0.39, 0.29) is 12.6 Å². The molecule has 0 saturated carbocycles. The number of hydrogen-bond donors (Lipinski definition) is 1. The van der Waals surface area contributed by atoms with Crippen LogP contribution in [0.3, 0.4) is 0 Å². The van der Waals surface area contributed by atoms with Crippen molar-refractivity contribution in [3.05, 3.63) is 11.7 Å². The average Bonchev–Trinajstić information content (AvgIpc) is 2.68. The molecule has 1 aliphatic rings. The Balaban J connectivity index is 1.77. The van der Waals surface area contributed by atoms with Crippen LogP contribution in [0.15, 0.2) is 4.52 Å². The molecule has 0 aliphatic carbocycles. The van der Waals surface area contributed by atoms with Crippen LogP contribution in [0.4, 0.5) is 8.78 Å². The second-order valence-corrected chi connectivity index (χ2v) is 4.62. The summed E-state index contributed by atoms with van der Waals surface area (Å²) < 4.78 is 33.7. The van der Waals surface area contributed by atoms with E-state index in [4.69, 9.17) is 9.26 Å². The fourth-order valence-electron chi connectivity index (χ4n) is 2.09. The van der Waals surface area contributed by atoms with Crippen molar-refractivity contribution in [2.24, 2.45) is 0 Å². The van der Waals surface area contributed by atoms with E-state index in [1.54, 1.807) is 0 Å². The minimum atomic E-state index is -2.43. The van der Waals surface area contributed by atoms with Gasteiger partial charge in [0.05, 0.1) is 12.6 Å². The molecule has 0 radical (unpaired) electrons. The first-order valence-electron chi connectivity index (χ1n) is 6.67. The molecule has 108 valence electrons. The minimum Gasteiger partial charge on any atom is -0.375 e. The lowest BCUT2D eigenvalue weighted by atomic mass is 10.1. The second-order valence-electron chi connectivity index (χ2n) is 4.62. The maximum absolute atomic E-state index is 11.9. The number of nitrogens with zero attached hydrogens (tertiary/aromatic N) is 2. The fraction of sp³-hybridized carbons (Fsp3) is 0.833. The van der Waals surface area contributed by atoms with Gasteiger partial charge in [-0.25, -0.2) is 8.78 Å². The van der Waals surface area contributed by atoms with Crippen molar-refractivity contribution in [1.29, 1.82) is 0 Å². The Labute approximate surface area is 110 Å². The molecule has 1 aromatic rings. The van der Waals surface area contributed by atoms with Gasteiger partial charge in [0.25, 0.3) is 6.43 Å². The maximum atomic E-state index is 11.9. The molecule has 1 aromatic heterocycles. The number of ether oxygens (including phenoxy) is 1. The first-order chi connectivity index (χ1) is 9.25. The van der Waals surface area contributed by atoms with Gasteiger partial charge in [0.1, 0.15) is 6.61 Å². The fourth-order valence-corrected chi connectivity index (χ4v) is 2.09. The van der Waals surface area contributed by atoms with Gasteiger partial charge in [-0.3, -0.25) is 0 Å². The summed E-state index contributed by atoms with van der Waals surface area (Å²) in [5.41, 5.74) is 0. The largest absolute Gasteiger partial charge is 0.375 e. The summed E-state index contributed by atoms with van der Waals surface area (Å²) in [5.74, 6) is 1.10. The zero-order valence-electron chi connectivity index (χ0n) is 10.8. The highest BCUT2D eigenvalue weighted by Gasteiger charge is 2.19. The van der Waals surface area contributed by atoms with Crippen LogP contribution in [-0.4, -0.2) is 36.3 Å². The summed E-state index contributed by atoms with van der Waals surface area (Å²) in [6, 6.07) is 0.116. The van der Waals surface area contributed by atoms with Crippen LogP contribution in [0.2, 0.25) is 0 Å². The van der Waals surface area contributed by atoms with Gasteiger partial charge < -0.3 is 14.6 Å². The van der Waals surface area contributed by atoms with Crippen LogP contribution < -0.4 is 5.32 Å². The number of aromatic nitrogens is 2. The third kappa shape index (κ3) is 4.83. The first kappa shape index (κ1) is 14.3. The van der Waals surface area contributed by atoms with Crippen LogP contribution in [0.5, 0.6) is 0 Å². The predicted molar refractivity (Wildman–Crippen MR) is 64.0 cm³/mol. The van der Waals surface area contributed by atoms with Gasteiger partial charge in [-0.15, -0.1) is 0 Å². The summed E-state index contributed by atoms with van der Waals surface area (Å²) in [6.07, 6.45) is 2.47. The standard InChI is InChI=1S/C12H19F2N3O2/c13-10(14)8-18-7-5-11-16-12(19-17-11)9-4-2-1-3-6-15-9/h9-10,15H,1-8H2. The normalized spacial score (nSPS) is 20.7. The maximum Gasteiger partial charge on any atom is 0.261 e. The molecular formula is C12H19F2N3O2. The molecule has 0 aromatic carbocycles. The molecule has 1 unspecified atom stereocenters. The van der Waals surface area contributed by atoms with Crippen LogP contribution >= 0.6 is 0 Å². The van der Waals surface area contributed by atoms with E-state index in [2.05, 4.69) is 15.5 Å². The Morgan fingerprint density at radius 3 is 3.11 bits per heavy atom. The van der Waals surface area contributed by atoms with E-state index in [0.717, 1.165) is 19.4 Å². The third-order valence-electron chi connectivity index (χ3n) is 3.06. The molecule has 2 rings (SSSR count). The monoisotopic (exact) mass is 275 g/mol. The molecular weight excluding hydrogens is 256 g/mol. The molecule has 0 bridgehead atoms. The Morgan fingerprint density at radius 2 is 2.26 bits per heavy atom. The molecule has 1 fully saturated rings. The molecule has 2 heterocycles. The molecule has 7 heteroatoms. The number of nitrogens with one attached hydrogen (secondary N) is 1. The van der Waals surface area contributed by atoms with Crippen molar-refractivity contribution in [3.8, 4) is 0 Å². The topological polar surface area (TPSA) is 60.2 Å². The summed E-state index contributed by atoms with van der Waals surface area (Å²) in [6.45, 7) is 0.593. The van der Waals surface area contributed by atoms with Gasteiger partial charge >= 0.3 is 0 Å². The molecule has 19 heavy (non-hydrogen) atoms. The minimum absolute atomic E-state index is 0.116. The molecule has 5 nitrogen and oxygen atoms in total. The SMILES string of the molecule is FC(F)COCCc1noc(C2CCCCCN2)n1. The van der Waals surface area contributed by atoms with Gasteiger partial charge in [-0.2, -0.15) is 4.98 Å². The number of rotatable bonds is 6. The lowest BCUT2D eigenvalue weighted by Gasteiger charge is -2.09. The Bertz CT molecular complexity index is 366. The zero-order chi connectivity index (χ0) is 13.5. The van der Waals surface area contributed by atoms with Crippen LogP contribution in [0, 0.1) is 0 Å². The van der Waals surface area contributed by atoms with Crippen molar-refractivity contribution >= 4 is 0 Å². The summed E-state index contributed by atoms with van der Waals surface area (Å²) in [5, 5.41) is 7.21. The predicted octanol–water partition coefficient (Wildman–Crippen LogP) is 2.10. The van der Waals surface area contributed by atoms with Gasteiger partial charge in [0, 0.05) is 6.42 Å². The van der Waals surface area contributed by atoms with Crippen molar-refractivity contribution in [1.82, 2.24) is 15.5 Å². The van der Waals surface area contributed by atoms with Crippen molar-refractivity contribution in [2.45, 2.75) is 44.6 Å². The van der Waals surface area contributed by atoms with E-state index in [1.165, 1.54) is 12.8 Å². The number of alkyl halides is 2. The number of hydrogen-bond acceptors (Lipinski definition) is 5. The van der Waals surface area contributed by atoms with E-state index in [1.807, 2.05) is 0 Å². The molecule has 0 spiro atoms. The molecule has 1 N–H and O–H groups in total. The summed E-state index contributed by atoms with van der Waals surface area (Å²) in [4.78, 5) is 4.28. The lowest BCUT2D eigenvalue weighted by molar-refractivity contribution is 0.0182. The van der Waals surface area contributed by atoms with Crippen molar-refractivity contribution < 1.29 is 18.0 Å². The highest BCUT2D eigenvalue weighted by molar-refractivity contribution is 4.94. The smallest absolute Gasteiger partial charge is 0.261 e. The van der Waals surface area contributed by atoms with E-state index < -0.39 is 13.0 Å². The summed E-state index contributed by atoms with van der Waals surface area (Å²) >= 11 is 0. The van der Waals surface area contributed by atoms with Crippen LogP contribution in [0.25, 0.3) is 0 Å². The van der Waals surface area contributed by atoms with E-state index in [0.29, 0.717) is 18.1 Å². The Morgan fingerprint density at radius 1 is 1.37 bits per heavy atom. The van der Waals surface area contributed by atoms with Crippen molar-refractivity contribution in [2.75, 3.05) is 19.8 Å². The van der Waals surface area contributed by atoms with E-state index >= 15 is 0 Å². The highest BCUT2D eigenvalue weighted by Crippen LogP contribution is 2.21. The van der Waals surface area contributed by atoms with E-state index in [9.17, 15) is 8.78 Å². The van der Waals surface area contributed by atoms with Crippen molar-refractivity contribution in [3.63, 3.8) is 0 Å². The lowest BCUT2D eigenvalue weighted by Crippen LogP contribution is -2.20. The molecule has 1 atom stereocenters. The molecule has 1 saturated heterocycles. The average molecular weight is 275 g/mol. The van der Waals surface area contributed by atoms with Crippen LogP contribution in [-0.2, 0) is 11.2 Å². The quantitative estimate of drug-likeness (QED) is 0.806. The highest BCUT2D eigenvalue weighted by atomic mass is 19.3. The summed E-state index contributed by atoms with van der Waals surface area (Å²) in [7, 11) is 0. The Hall–Kier alpha value is -1.08. The number of halogens is 2. The van der Waals surface area contributed by atoms with Gasteiger partial charge in [-0.1, -0.05) is 18.0 Å². The van der Waals surface area contributed by atoms with Gasteiger partial charge in [0.2, 0.25) is 5.89 Å². The zero-order valence-corrected chi connectivity index (χ0v) is 10.8. The van der Waals surface area contributed by atoms with Gasteiger partial charge in [0.15, 0.2) is 5.82 Å². The van der Waals surface area contributed by atoms with Gasteiger partial charge in [-0.05, 0) is 19.4 Å². The third-order valence-corrected chi connectivity index (χ3v) is 3.06. The molecule has 1 aliphatic heterocycles. The Kier molecular flexibility index (Phi) is 5.65. The molecule has 0 amide bonds. The van der Waals surface area contributed by atoms with Crippen LogP contribution in [0.1, 0.15) is 43.4 Å². The first-order valence-corrected chi connectivity index (χ1v) is 6.67. The second kappa shape index (κ2) is 7.49.